The maximum atomic E-state index is 12.7. The molecule has 60 heavy (non-hydrogen) atoms. The molecular formula is C54H104O6. The van der Waals surface area contributed by atoms with Gasteiger partial charge in [-0.15, -0.1) is 0 Å². The van der Waals surface area contributed by atoms with Crippen LogP contribution in [0.25, 0.3) is 0 Å². The molecule has 0 aliphatic carbocycles. The molecule has 0 aliphatic heterocycles. The average Bonchev–Trinajstić information content (AvgIpc) is 3.20. The first-order valence-corrected chi connectivity index (χ1v) is 26.6. The van der Waals surface area contributed by atoms with Crippen molar-refractivity contribution in [2.75, 3.05) is 13.2 Å². The topological polar surface area (TPSA) is 78.9 Å². The van der Waals surface area contributed by atoms with Gasteiger partial charge in [0, 0.05) is 19.3 Å². The number of carbonyl (C=O) groups is 3. The summed E-state index contributed by atoms with van der Waals surface area (Å²) >= 11 is 0. The van der Waals surface area contributed by atoms with Gasteiger partial charge in [0.1, 0.15) is 13.2 Å². The van der Waals surface area contributed by atoms with Gasteiger partial charge in [0.15, 0.2) is 6.10 Å². The summed E-state index contributed by atoms with van der Waals surface area (Å²) in [4.78, 5) is 37.9. The summed E-state index contributed by atoms with van der Waals surface area (Å²) < 4.78 is 16.8. The van der Waals surface area contributed by atoms with Crippen LogP contribution >= 0.6 is 0 Å². The number of hydrogen-bond acceptors (Lipinski definition) is 6. The van der Waals surface area contributed by atoms with E-state index < -0.39 is 6.10 Å². The quantitative estimate of drug-likeness (QED) is 0.0345. The number of carbonyl (C=O) groups excluding carboxylic acids is 3. The Balaban J connectivity index is 4.16. The number of hydrogen-bond donors (Lipinski definition) is 0. The molecule has 0 spiro atoms. The molecule has 0 N–H and O–H groups in total. The summed E-state index contributed by atoms with van der Waals surface area (Å²) in [5, 5.41) is 0. The van der Waals surface area contributed by atoms with Crippen LogP contribution in [0.15, 0.2) is 0 Å². The highest BCUT2D eigenvalue weighted by molar-refractivity contribution is 5.71. The summed E-state index contributed by atoms with van der Waals surface area (Å²) in [6.45, 7) is 13.7. The molecule has 0 saturated heterocycles. The zero-order valence-electron chi connectivity index (χ0n) is 41.3. The number of ether oxygens (including phenoxy) is 3. The summed E-state index contributed by atoms with van der Waals surface area (Å²) in [7, 11) is 0. The summed E-state index contributed by atoms with van der Waals surface area (Å²) in [5.41, 5.74) is 0. The monoisotopic (exact) mass is 849 g/mol. The van der Waals surface area contributed by atoms with Crippen molar-refractivity contribution in [2.45, 2.75) is 298 Å². The van der Waals surface area contributed by atoms with Gasteiger partial charge in [0.25, 0.3) is 0 Å². The lowest BCUT2D eigenvalue weighted by Gasteiger charge is -2.18. The molecule has 0 fully saturated rings. The molecule has 0 saturated carbocycles. The van der Waals surface area contributed by atoms with Crippen molar-refractivity contribution < 1.29 is 28.6 Å². The smallest absolute Gasteiger partial charge is 0.306 e. The Morgan fingerprint density at radius 2 is 0.483 bits per heavy atom. The number of unbranched alkanes of at least 4 members (excludes halogenated alkanes) is 30. The predicted octanol–water partition coefficient (Wildman–Crippen LogP) is 17.2. The normalized spacial score (nSPS) is 12.2. The van der Waals surface area contributed by atoms with Gasteiger partial charge in [0.2, 0.25) is 0 Å². The Bertz CT molecular complexity index is 929. The largest absolute Gasteiger partial charge is 0.462 e. The lowest BCUT2D eigenvalue weighted by molar-refractivity contribution is -0.167. The van der Waals surface area contributed by atoms with Gasteiger partial charge in [-0.05, 0) is 37.0 Å². The third-order valence-electron chi connectivity index (χ3n) is 12.1. The highest BCUT2D eigenvalue weighted by Crippen LogP contribution is 2.18. The van der Waals surface area contributed by atoms with Gasteiger partial charge in [-0.1, -0.05) is 253 Å². The molecule has 0 aromatic rings. The average molecular weight is 849 g/mol. The second-order valence-corrected chi connectivity index (χ2v) is 19.9. The molecule has 0 aromatic carbocycles. The van der Waals surface area contributed by atoms with Gasteiger partial charge in [0.05, 0.1) is 0 Å². The van der Waals surface area contributed by atoms with Crippen molar-refractivity contribution in [2.24, 2.45) is 17.8 Å². The Morgan fingerprint density at radius 3 is 0.717 bits per heavy atom. The van der Waals surface area contributed by atoms with E-state index in [1.807, 2.05) is 0 Å². The van der Waals surface area contributed by atoms with Crippen molar-refractivity contribution in [1.29, 1.82) is 0 Å². The summed E-state index contributed by atoms with van der Waals surface area (Å²) in [6.07, 6.45) is 45.5. The maximum Gasteiger partial charge on any atom is 0.306 e. The molecule has 0 aromatic heterocycles. The van der Waals surface area contributed by atoms with Crippen molar-refractivity contribution in [3.05, 3.63) is 0 Å². The van der Waals surface area contributed by atoms with Crippen LogP contribution in [0.2, 0.25) is 0 Å². The fourth-order valence-electron chi connectivity index (χ4n) is 8.12. The van der Waals surface area contributed by atoms with Crippen LogP contribution in [0, 0.1) is 17.8 Å². The van der Waals surface area contributed by atoms with Gasteiger partial charge >= 0.3 is 17.9 Å². The zero-order valence-corrected chi connectivity index (χ0v) is 41.3. The van der Waals surface area contributed by atoms with Crippen molar-refractivity contribution in [3.8, 4) is 0 Å². The van der Waals surface area contributed by atoms with Gasteiger partial charge in [-0.25, -0.2) is 0 Å². The van der Waals surface area contributed by atoms with Crippen LogP contribution in [0.1, 0.15) is 292 Å². The molecule has 6 nitrogen and oxygen atoms in total. The van der Waals surface area contributed by atoms with Crippen LogP contribution in [0.4, 0.5) is 0 Å². The first-order valence-electron chi connectivity index (χ1n) is 26.6. The van der Waals surface area contributed by atoms with Crippen molar-refractivity contribution >= 4 is 17.9 Å². The first kappa shape index (κ1) is 58.4. The number of rotatable bonds is 47. The lowest BCUT2D eigenvalue weighted by atomic mass is 10.0. The Hall–Kier alpha value is -1.59. The van der Waals surface area contributed by atoms with E-state index >= 15 is 0 Å². The van der Waals surface area contributed by atoms with Crippen LogP contribution in [0.3, 0.4) is 0 Å². The van der Waals surface area contributed by atoms with E-state index in [-0.39, 0.29) is 31.1 Å². The van der Waals surface area contributed by atoms with E-state index in [0.717, 1.165) is 75.5 Å². The molecule has 0 rings (SSSR count). The molecule has 0 radical (unpaired) electrons. The molecule has 6 heteroatoms. The molecule has 0 bridgehead atoms. The van der Waals surface area contributed by atoms with E-state index in [0.29, 0.717) is 19.3 Å². The van der Waals surface area contributed by atoms with E-state index in [4.69, 9.17) is 14.2 Å². The predicted molar refractivity (Wildman–Crippen MR) is 256 cm³/mol. The summed E-state index contributed by atoms with van der Waals surface area (Å²) in [5.74, 6) is 1.57. The van der Waals surface area contributed by atoms with E-state index in [1.54, 1.807) is 0 Å². The fourth-order valence-corrected chi connectivity index (χ4v) is 8.12. The molecule has 356 valence electrons. The van der Waals surface area contributed by atoms with Gasteiger partial charge in [-0.2, -0.15) is 0 Å². The first-order chi connectivity index (χ1) is 29.1. The van der Waals surface area contributed by atoms with E-state index in [9.17, 15) is 14.4 Å². The molecular weight excluding hydrogens is 745 g/mol. The molecule has 0 heterocycles. The Labute approximate surface area is 374 Å². The minimum Gasteiger partial charge on any atom is -0.462 e. The fraction of sp³-hybridized carbons (Fsp3) is 0.944. The van der Waals surface area contributed by atoms with Crippen molar-refractivity contribution in [1.82, 2.24) is 0 Å². The van der Waals surface area contributed by atoms with Gasteiger partial charge < -0.3 is 14.2 Å². The van der Waals surface area contributed by atoms with E-state index in [1.165, 1.54) is 173 Å². The molecule has 0 unspecified atom stereocenters. The van der Waals surface area contributed by atoms with Crippen LogP contribution < -0.4 is 0 Å². The SMILES string of the molecule is CC(C)CCCCCCCCCCCCCCCCCCCCC(=O)OC[C@H](COC(=O)CCCCCCCCCCCC(C)C)OC(=O)CCCCCCCCC(C)C. The molecule has 0 amide bonds. The van der Waals surface area contributed by atoms with Crippen LogP contribution in [0.5, 0.6) is 0 Å². The minimum atomic E-state index is -0.763. The van der Waals surface area contributed by atoms with Gasteiger partial charge in [-0.3, -0.25) is 14.4 Å². The lowest BCUT2D eigenvalue weighted by Crippen LogP contribution is -2.30. The highest BCUT2D eigenvalue weighted by atomic mass is 16.6. The molecule has 1 atom stereocenters. The van der Waals surface area contributed by atoms with Crippen molar-refractivity contribution in [3.63, 3.8) is 0 Å². The minimum absolute atomic E-state index is 0.0656. The van der Waals surface area contributed by atoms with Crippen LogP contribution in [-0.2, 0) is 28.6 Å². The molecule has 0 aliphatic rings. The highest BCUT2D eigenvalue weighted by Gasteiger charge is 2.19. The van der Waals surface area contributed by atoms with Crippen LogP contribution in [-0.4, -0.2) is 37.2 Å². The second-order valence-electron chi connectivity index (χ2n) is 19.9. The third kappa shape index (κ3) is 47.5. The standard InChI is InChI=1S/C54H104O6/c1-48(2)40-34-28-22-18-15-13-11-9-7-8-10-12-14-16-20-24-31-37-43-52(55)58-46-51(60-54(57)45-39-33-27-26-30-36-42-50(5)6)47-59-53(56)44-38-32-25-21-17-19-23-29-35-41-49(3)4/h48-51H,7-47H2,1-6H3/t51-/m1/s1. The van der Waals surface area contributed by atoms with E-state index in [2.05, 4.69) is 41.5 Å². The number of esters is 3. The maximum absolute atomic E-state index is 12.7. The zero-order chi connectivity index (χ0) is 44.2. The second kappa shape index (κ2) is 45.4. The Morgan fingerprint density at radius 1 is 0.283 bits per heavy atom. The summed E-state index contributed by atoms with van der Waals surface area (Å²) in [6, 6.07) is 0. The third-order valence-corrected chi connectivity index (χ3v) is 12.1. The Kier molecular flexibility index (Phi) is 44.2.